The summed E-state index contributed by atoms with van der Waals surface area (Å²) in [6.45, 7) is 0. The summed E-state index contributed by atoms with van der Waals surface area (Å²) in [5.41, 5.74) is 0.492. The Hall–Kier alpha value is -1.00. The Bertz CT molecular complexity index is 377. The molecule has 0 heterocycles. The minimum absolute atomic E-state index is 0.148. The number of benzene rings is 1. The van der Waals surface area contributed by atoms with Crippen LogP contribution in [0.2, 0.25) is 0 Å². The van der Waals surface area contributed by atoms with E-state index >= 15 is 0 Å². The molecule has 2 nitrogen and oxygen atoms in total. The number of aliphatic hydroxyl groups is 2. The van der Waals surface area contributed by atoms with Crippen molar-refractivity contribution in [3.05, 3.63) is 35.4 Å². The molecule has 2 N–H and O–H groups in total. The molecule has 0 aliphatic heterocycles. The Labute approximate surface area is 92.5 Å². The second-order valence-electron chi connectivity index (χ2n) is 4.35. The van der Waals surface area contributed by atoms with Gasteiger partial charge in [0.2, 0.25) is 0 Å². The van der Waals surface area contributed by atoms with Gasteiger partial charge < -0.3 is 10.2 Å². The first-order valence-corrected chi connectivity index (χ1v) is 5.38. The number of rotatable bonds is 4. The Balaban J connectivity index is 1.99. The van der Waals surface area contributed by atoms with Crippen LogP contribution in [0.1, 0.15) is 18.4 Å². The van der Waals surface area contributed by atoms with E-state index in [1.54, 1.807) is 0 Å². The zero-order valence-electron chi connectivity index (χ0n) is 8.74. The molecule has 0 bridgehead atoms. The fourth-order valence-electron chi connectivity index (χ4n) is 1.78. The second-order valence-corrected chi connectivity index (χ2v) is 4.35. The van der Waals surface area contributed by atoms with Gasteiger partial charge in [-0.3, -0.25) is 0 Å². The van der Waals surface area contributed by atoms with E-state index in [2.05, 4.69) is 0 Å². The largest absolute Gasteiger partial charge is 0.390 e. The van der Waals surface area contributed by atoms with E-state index in [4.69, 9.17) is 0 Å². The summed E-state index contributed by atoms with van der Waals surface area (Å²) in [6.07, 6.45) is 0.339. The molecule has 2 unspecified atom stereocenters. The second kappa shape index (κ2) is 4.47. The summed E-state index contributed by atoms with van der Waals surface area (Å²) in [5, 5.41) is 19.3. The summed E-state index contributed by atoms with van der Waals surface area (Å²) in [6, 6.07) is 3.50. The average molecular weight is 228 g/mol. The van der Waals surface area contributed by atoms with Crippen LogP contribution in [0.5, 0.6) is 0 Å². The van der Waals surface area contributed by atoms with Crippen molar-refractivity contribution in [3.63, 3.8) is 0 Å². The lowest BCUT2D eigenvalue weighted by molar-refractivity contribution is 0.00669. The van der Waals surface area contributed by atoms with Crippen molar-refractivity contribution in [3.8, 4) is 0 Å². The first-order chi connectivity index (χ1) is 7.58. The van der Waals surface area contributed by atoms with Gasteiger partial charge in [-0.1, -0.05) is 6.07 Å². The van der Waals surface area contributed by atoms with Crippen molar-refractivity contribution in [2.45, 2.75) is 31.5 Å². The lowest BCUT2D eigenvalue weighted by Gasteiger charge is -2.17. The highest BCUT2D eigenvalue weighted by molar-refractivity contribution is 5.18. The third-order valence-electron chi connectivity index (χ3n) is 2.93. The molecule has 0 amide bonds. The standard InChI is InChI=1S/C12H14F2O2/c13-9-4-1-7(5-10(9)14)6-11(15)12(16)8-2-3-8/h1,4-5,8,11-12,15-16H,2-3,6H2. The van der Waals surface area contributed by atoms with Gasteiger partial charge >= 0.3 is 0 Å². The van der Waals surface area contributed by atoms with E-state index in [-0.39, 0.29) is 12.3 Å². The smallest absolute Gasteiger partial charge is 0.159 e. The molecule has 0 spiro atoms. The van der Waals surface area contributed by atoms with E-state index in [0.29, 0.717) is 5.56 Å². The van der Waals surface area contributed by atoms with E-state index < -0.39 is 23.8 Å². The van der Waals surface area contributed by atoms with Crippen LogP contribution in [0.15, 0.2) is 18.2 Å². The van der Waals surface area contributed by atoms with Gasteiger partial charge in [0.1, 0.15) is 0 Å². The zero-order valence-corrected chi connectivity index (χ0v) is 8.74. The lowest BCUT2D eigenvalue weighted by Crippen LogP contribution is -2.29. The SMILES string of the molecule is OC(Cc1ccc(F)c(F)c1)C(O)C1CC1. The predicted octanol–water partition coefficient (Wildman–Crippen LogP) is 1.64. The first kappa shape index (κ1) is 11.5. The maximum atomic E-state index is 12.9. The fraction of sp³-hybridized carbons (Fsp3) is 0.500. The van der Waals surface area contributed by atoms with Crippen molar-refractivity contribution < 1.29 is 19.0 Å². The van der Waals surface area contributed by atoms with E-state index in [1.165, 1.54) is 6.07 Å². The van der Waals surface area contributed by atoms with Gasteiger partial charge in [0.25, 0.3) is 0 Å². The van der Waals surface area contributed by atoms with Crippen LogP contribution in [0.25, 0.3) is 0 Å². The van der Waals surface area contributed by atoms with Crippen LogP contribution in [0, 0.1) is 17.6 Å². The van der Waals surface area contributed by atoms with Crippen LogP contribution in [-0.4, -0.2) is 22.4 Å². The normalized spacial score (nSPS) is 19.5. The fourth-order valence-corrected chi connectivity index (χ4v) is 1.78. The van der Waals surface area contributed by atoms with Crippen molar-refractivity contribution in [2.24, 2.45) is 5.92 Å². The maximum absolute atomic E-state index is 12.9. The quantitative estimate of drug-likeness (QED) is 0.822. The molecule has 2 rings (SSSR count). The van der Waals surface area contributed by atoms with Crippen LogP contribution >= 0.6 is 0 Å². The van der Waals surface area contributed by atoms with Crippen molar-refractivity contribution in [1.82, 2.24) is 0 Å². The molecule has 1 aliphatic carbocycles. The highest BCUT2D eigenvalue weighted by Gasteiger charge is 2.34. The molecule has 1 aliphatic rings. The summed E-state index contributed by atoms with van der Waals surface area (Å²) >= 11 is 0. The van der Waals surface area contributed by atoms with Crippen molar-refractivity contribution in [1.29, 1.82) is 0 Å². The molecule has 4 heteroatoms. The van der Waals surface area contributed by atoms with Gasteiger partial charge in [-0.2, -0.15) is 0 Å². The molecular weight excluding hydrogens is 214 g/mol. The third kappa shape index (κ3) is 2.57. The summed E-state index contributed by atoms with van der Waals surface area (Å²) in [7, 11) is 0. The Morgan fingerprint density at radius 2 is 1.88 bits per heavy atom. The number of aliphatic hydroxyl groups excluding tert-OH is 2. The van der Waals surface area contributed by atoms with Gasteiger partial charge in [-0.15, -0.1) is 0 Å². The molecule has 1 fully saturated rings. The van der Waals surface area contributed by atoms with E-state index in [9.17, 15) is 19.0 Å². The van der Waals surface area contributed by atoms with E-state index in [1.807, 2.05) is 0 Å². The Morgan fingerprint density at radius 1 is 1.19 bits per heavy atom. The Morgan fingerprint density at radius 3 is 2.44 bits per heavy atom. The molecule has 16 heavy (non-hydrogen) atoms. The maximum Gasteiger partial charge on any atom is 0.159 e. The molecular formula is C12H14F2O2. The van der Waals surface area contributed by atoms with Crippen LogP contribution in [0.4, 0.5) is 8.78 Å². The summed E-state index contributed by atoms with van der Waals surface area (Å²) < 4.78 is 25.5. The van der Waals surface area contributed by atoms with Gasteiger partial charge in [-0.25, -0.2) is 8.78 Å². The van der Waals surface area contributed by atoms with Crippen LogP contribution in [-0.2, 0) is 6.42 Å². The molecule has 0 saturated heterocycles. The molecule has 0 radical (unpaired) electrons. The molecule has 2 atom stereocenters. The van der Waals surface area contributed by atoms with Crippen LogP contribution in [0.3, 0.4) is 0 Å². The average Bonchev–Trinajstić information content (AvgIpc) is 3.06. The van der Waals surface area contributed by atoms with Gasteiger partial charge in [-0.05, 0) is 36.5 Å². The monoisotopic (exact) mass is 228 g/mol. The minimum Gasteiger partial charge on any atom is -0.390 e. The van der Waals surface area contributed by atoms with Crippen molar-refractivity contribution >= 4 is 0 Å². The highest BCUT2D eigenvalue weighted by Crippen LogP contribution is 2.34. The molecule has 88 valence electrons. The number of hydrogen-bond donors (Lipinski definition) is 2. The molecule has 1 saturated carbocycles. The summed E-state index contributed by atoms with van der Waals surface area (Å²) in [5.74, 6) is -1.66. The van der Waals surface area contributed by atoms with Crippen LogP contribution < -0.4 is 0 Å². The number of halogens is 2. The van der Waals surface area contributed by atoms with Gasteiger partial charge in [0.15, 0.2) is 11.6 Å². The predicted molar refractivity (Wildman–Crippen MR) is 54.8 cm³/mol. The minimum atomic E-state index is -0.925. The summed E-state index contributed by atoms with van der Waals surface area (Å²) in [4.78, 5) is 0. The lowest BCUT2D eigenvalue weighted by atomic mass is 10.0. The van der Waals surface area contributed by atoms with Crippen molar-refractivity contribution in [2.75, 3.05) is 0 Å². The molecule has 1 aromatic rings. The molecule has 1 aromatic carbocycles. The topological polar surface area (TPSA) is 40.5 Å². The first-order valence-electron chi connectivity index (χ1n) is 5.38. The third-order valence-corrected chi connectivity index (χ3v) is 2.93. The highest BCUT2D eigenvalue weighted by atomic mass is 19.2. The zero-order chi connectivity index (χ0) is 11.7. The Kier molecular flexibility index (Phi) is 3.21. The molecule has 0 aromatic heterocycles. The van der Waals surface area contributed by atoms with E-state index in [0.717, 1.165) is 25.0 Å². The number of hydrogen-bond acceptors (Lipinski definition) is 2. The van der Waals surface area contributed by atoms with Gasteiger partial charge in [0.05, 0.1) is 12.2 Å². The van der Waals surface area contributed by atoms with Gasteiger partial charge in [0, 0.05) is 6.42 Å².